The Bertz CT molecular complexity index is 1080. The van der Waals surface area contributed by atoms with Gasteiger partial charge in [0.1, 0.15) is 6.33 Å². The van der Waals surface area contributed by atoms with E-state index in [0.29, 0.717) is 29.7 Å². The van der Waals surface area contributed by atoms with E-state index in [-0.39, 0.29) is 6.04 Å². The highest BCUT2D eigenvalue weighted by Gasteiger charge is 2.38. The van der Waals surface area contributed by atoms with Crippen LogP contribution < -0.4 is 0 Å². The molecule has 30 heavy (non-hydrogen) atoms. The predicted octanol–water partition coefficient (Wildman–Crippen LogP) is 3.45. The molecule has 1 unspecified atom stereocenters. The summed E-state index contributed by atoms with van der Waals surface area (Å²) in [5.41, 5.74) is 2.22. The van der Waals surface area contributed by atoms with E-state index in [4.69, 9.17) is 0 Å². The van der Waals surface area contributed by atoms with Crippen molar-refractivity contribution in [1.82, 2.24) is 24.1 Å². The Kier molecular flexibility index (Phi) is 5.97. The van der Waals surface area contributed by atoms with Gasteiger partial charge in [0.15, 0.2) is 5.82 Å². The van der Waals surface area contributed by atoms with Gasteiger partial charge in [-0.25, -0.2) is 8.42 Å². The number of nitrogens with zero attached hydrogens (tertiary/aromatic N) is 5. The van der Waals surface area contributed by atoms with Gasteiger partial charge in [0, 0.05) is 18.9 Å². The zero-order chi connectivity index (χ0) is 21.1. The minimum atomic E-state index is -3.61. The van der Waals surface area contributed by atoms with E-state index < -0.39 is 10.0 Å². The average Bonchev–Trinajstić information content (AvgIpc) is 3.38. The lowest BCUT2D eigenvalue weighted by molar-refractivity contribution is 0.374. The van der Waals surface area contributed by atoms with Crippen LogP contribution in [0.5, 0.6) is 0 Å². The van der Waals surface area contributed by atoms with Crippen molar-refractivity contribution in [1.29, 1.82) is 0 Å². The molecule has 1 aliphatic heterocycles. The van der Waals surface area contributed by atoms with Gasteiger partial charge in [0.2, 0.25) is 10.0 Å². The second-order valence-electron chi connectivity index (χ2n) is 8.19. The molecule has 2 aromatic heterocycles. The molecule has 0 N–H and O–H groups in total. The Hall–Kier alpha value is -2.58. The van der Waals surface area contributed by atoms with Crippen LogP contribution in [0.15, 0.2) is 60.0 Å². The van der Waals surface area contributed by atoms with Crippen LogP contribution in [0.2, 0.25) is 0 Å². The average molecular weight is 426 g/mol. The summed E-state index contributed by atoms with van der Waals surface area (Å²) in [6, 6.07) is 10.9. The van der Waals surface area contributed by atoms with E-state index in [1.165, 1.54) is 0 Å². The van der Waals surface area contributed by atoms with Gasteiger partial charge in [-0.3, -0.25) is 4.98 Å². The van der Waals surface area contributed by atoms with Gasteiger partial charge in [-0.15, -0.1) is 10.2 Å². The molecular formula is C22H27N5O2S. The number of benzene rings is 1. The monoisotopic (exact) mass is 425 g/mol. The van der Waals surface area contributed by atoms with E-state index >= 15 is 0 Å². The molecule has 0 saturated carbocycles. The molecule has 158 valence electrons. The first-order chi connectivity index (χ1) is 14.4. The minimum Gasteiger partial charge on any atom is -0.312 e. The lowest BCUT2D eigenvalue weighted by atomic mass is 10.0. The van der Waals surface area contributed by atoms with Gasteiger partial charge in [0.05, 0.1) is 17.5 Å². The first-order valence-electron chi connectivity index (χ1n) is 10.3. The van der Waals surface area contributed by atoms with Crippen molar-refractivity contribution >= 4 is 10.0 Å². The van der Waals surface area contributed by atoms with Gasteiger partial charge >= 0.3 is 0 Å². The summed E-state index contributed by atoms with van der Waals surface area (Å²) in [6.07, 6.45) is 7.63. The van der Waals surface area contributed by atoms with Crippen LogP contribution >= 0.6 is 0 Å². The third-order valence-corrected chi connectivity index (χ3v) is 7.35. The molecule has 3 heterocycles. The van der Waals surface area contributed by atoms with Gasteiger partial charge in [-0.05, 0) is 60.6 Å². The molecule has 7 nitrogen and oxygen atoms in total. The Balaban J connectivity index is 1.59. The van der Waals surface area contributed by atoms with Crippen LogP contribution in [0.1, 0.15) is 49.7 Å². The fourth-order valence-electron chi connectivity index (χ4n) is 4.02. The number of hydrogen-bond acceptors (Lipinski definition) is 5. The second-order valence-corrected chi connectivity index (χ2v) is 10.1. The number of pyridine rings is 1. The molecule has 0 aliphatic carbocycles. The molecule has 8 heteroatoms. The zero-order valence-corrected chi connectivity index (χ0v) is 18.2. The third-order valence-electron chi connectivity index (χ3n) is 5.42. The molecule has 4 rings (SSSR count). The molecule has 0 amide bonds. The van der Waals surface area contributed by atoms with Gasteiger partial charge in [-0.2, -0.15) is 4.31 Å². The molecule has 1 saturated heterocycles. The van der Waals surface area contributed by atoms with Crippen molar-refractivity contribution in [3.05, 3.63) is 72.1 Å². The highest BCUT2D eigenvalue weighted by molar-refractivity contribution is 7.89. The van der Waals surface area contributed by atoms with Crippen molar-refractivity contribution in [2.24, 2.45) is 5.92 Å². The quantitative estimate of drug-likeness (QED) is 0.579. The SMILES string of the molecule is CC(C)Cc1ccc(S(=O)(=O)N2CCCC2c2nncn2Cc2ccncc2)cc1. The topological polar surface area (TPSA) is 81.0 Å². The highest BCUT2D eigenvalue weighted by Crippen LogP contribution is 2.36. The normalized spacial score (nSPS) is 17.6. The molecule has 1 fully saturated rings. The second kappa shape index (κ2) is 8.65. The standard InChI is InChI=1S/C22H27N5O2S/c1-17(2)14-18-5-7-20(8-6-18)30(28,29)27-13-3-4-21(27)22-25-24-16-26(22)15-19-9-11-23-12-10-19/h5-12,16-17,21H,3-4,13-15H2,1-2H3. The van der Waals surface area contributed by atoms with Crippen molar-refractivity contribution in [2.45, 2.75) is 50.6 Å². The summed E-state index contributed by atoms with van der Waals surface area (Å²) in [7, 11) is -3.61. The number of sulfonamides is 1. The summed E-state index contributed by atoms with van der Waals surface area (Å²) in [5.74, 6) is 1.21. The van der Waals surface area contributed by atoms with Crippen molar-refractivity contribution in [2.75, 3.05) is 6.54 Å². The molecule has 0 spiro atoms. The van der Waals surface area contributed by atoms with E-state index in [9.17, 15) is 8.42 Å². The highest BCUT2D eigenvalue weighted by atomic mass is 32.2. The Labute approximate surface area is 177 Å². The fraction of sp³-hybridized carbons (Fsp3) is 0.409. The number of hydrogen-bond donors (Lipinski definition) is 0. The van der Waals surface area contributed by atoms with Gasteiger partial charge in [-0.1, -0.05) is 26.0 Å². The molecule has 1 aliphatic rings. The Morgan fingerprint density at radius 1 is 1.07 bits per heavy atom. The smallest absolute Gasteiger partial charge is 0.243 e. The van der Waals surface area contributed by atoms with Crippen LogP contribution in [0.25, 0.3) is 0 Å². The molecule has 1 aromatic carbocycles. The van der Waals surface area contributed by atoms with Crippen LogP contribution in [-0.4, -0.2) is 39.0 Å². The maximum absolute atomic E-state index is 13.4. The first kappa shape index (κ1) is 20.7. The fourth-order valence-corrected chi connectivity index (χ4v) is 5.67. The molecule has 0 radical (unpaired) electrons. The van der Waals surface area contributed by atoms with Crippen molar-refractivity contribution in [3.8, 4) is 0 Å². The predicted molar refractivity (Wildman–Crippen MR) is 114 cm³/mol. The zero-order valence-electron chi connectivity index (χ0n) is 17.3. The maximum atomic E-state index is 13.4. The lowest BCUT2D eigenvalue weighted by Crippen LogP contribution is -2.32. The van der Waals surface area contributed by atoms with E-state index in [1.807, 2.05) is 28.8 Å². The van der Waals surface area contributed by atoms with Crippen LogP contribution in [0.4, 0.5) is 0 Å². The number of aromatic nitrogens is 4. The largest absolute Gasteiger partial charge is 0.312 e. The van der Waals surface area contributed by atoms with E-state index in [1.54, 1.807) is 35.2 Å². The van der Waals surface area contributed by atoms with E-state index in [0.717, 1.165) is 30.4 Å². The minimum absolute atomic E-state index is 0.310. The van der Waals surface area contributed by atoms with Crippen LogP contribution in [0.3, 0.4) is 0 Å². The summed E-state index contributed by atoms with van der Waals surface area (Å²) < 4.78 is 30.3. The third kappa shape index (κ3) is 4.29. The molecule has 3 aromatic rings. The summed E-state index contributed by atoms with van der Waals surface area (Å²) in [6.45, 7) is 5.38. The van der Waals surface area contributed by atoms with Gasteiger partial charge in [0.25, 0.3) is 0 Å². The van der Waals surface area contributed by atoms with Crippen LogP contribution in [-0.2, 0) is 23.0 Å². The van der Waals surface area contributed by atoms with Crippen molar-refractivity contribution < 1.29 is 8.42 Å². The van der Waals surface area contributed by atoms with E-state index in [2.05, 4.69) is 29.0 Å². The maximum Gasteiger partial charge on any atom is 0.243 e. The molecular weight excluding hydrogens is 398 g/mol. The Morgan fingerprint density at radius 3 is 2.50 bits per heavy atom. The van der Waals surface area contributed by atoms with Gasteiger partial charge < -0.3 is 4.57 Å². The molecule has 1 atom stereocenters. The molecule has 0 bridgehead atoms. The summed E-state index contributed by atoms with van der Waals surface area (Å²) >= 11 is 0. The van der Waals surface area contributed by atoms with Crippen molar-refractivity contribution in [3.63, 3.8) is 0 Å². The summed E-state index contributed by atoms with van der Waals surface area (Å²) in [4.78, 5) is 4.38. The number of rotatable bonds is 7. The lowest BCUT2D eigenvalue weighted by Gasteiger charge is -2.24. The first-order valence-corrected chi connectivity index (χ1v) is 11.8. The Morgan fingerprint density at radius 2 is 1.80 bits per heavy atom. The van der Waals surface area contributed by atoms with Crippen LogP contribution in [0, 0.1) is 5.92 Å². The summed E-state index contributed by atoms with van der Waals surface area (Å²) in [5, 5.41) is 8.36.